The number of nitrogens with zero attached hydrogens (tertiary/aromatic N) is 1. The predicted molar refractivity (Wildman–Crippen MR) is 86.0 cm³/mol. The highest BCUT2D eigenvalue weighted by atomic mass is 127. The summed E-state index contributed by atoms with van der Waals surface area (Å²) in [6.45, 7) is 5.90. The molecule has 1 aromatic rings. The summed E-state index contributed by atoms with van der Waals surface area (Å²) in [6, 6.07) is 7.64. The van der Waals surface area contributed by atoms with Gasteiger partial charge in [-0.05, 0) is 60.6 Å². The van der Waals surface area contributed by atoms with Crippen LogP contribution in [0.1, 0.15) is 32.8 Å². The van der Waals surface area contributed by atoms with Gasteiger partial charge in [0, 0.05) is 10.1 Å². The molecule has 1 heterocycles. The van der Waals surface area contributed by atoms with E-state index in [1.807, 2.05) is 31.2 Å². The Morgan fingerprint density at radius 3 is 2.40 bits per heavy atom. The molecule has 1 aliphatic heterocycles. The first kappa shape index (κ1) is 15.3. The van der Waals surface area contributed by atoms with E-state index >= 15 is 0 Å². The number of carbonyl (C=O) groups excluding carboxylic acids is 2. The van der Waals surface area contributed by atoms with Crippen LogP contribution in [0.4, 0.5) is 0 Å². The Hall–Kier alpha value is -1.11. The van der Waals surface area contributed by atoms with E-state index in [2.05, 4.69) is 27.9 Å². The average Bonchev–Trinajstić information content (AvgIpc) is 2.38. The minimum absolute atomic E-state index is 0.0255. The van der Waals surface area contributed by atoms with Gasteiger partial charge in [-0.1, -0.05) is 19.1 Å². The van der Waals surface area contributed by atoms with Crippen molar-refractivity contribution in [3.05, 3.63) is 33.4 Å². The molecular weight excluding hydrogens is 367 g/mol. The molecule has 0 spiro atoms. The Kier molecular flexibility index (Phi) is 4.36. The van der Waals surface area contributed by atoms with Crippen LogP contribution in [0.3, 0.4) is 0 Å². The van der Waals surface area contributed by atoms with Gasteiger partial charge < -0.3 is 10.2 Å². The van der Waals surface area contributed by atoms with Crippen LogP contribution in [-0.4, -0.2) is 28.3 Å². The molecule has 2 rings (SSSR count). The van der Waals surface area contributed by atoms with E-state index < -0.39 is 5.54 Å². The van der Waals surface area contributed by atoms with Crippen LogP contribution < -0.4 is 5.32 Å². The second kappa shape index (κ2) is 5.71. The van der Waals surface area contributed by atoms with Crippen LogP contribution in [0, 0.1) is 3.57 Å². The molecule has 0 aromatic heterocycles. The quantitative estimate of drug-likeness (QED) is 0.811. The Bertz CT molecular complexity index is 525. The van der Waals surface area contributed by atoms with Crippen LogP contribution in [-0.2, 0) is 16.1 Å². The van der Waals surface area contributed by atoms with Crippen LogP contribution >= 0.6 is 22.6 Å². The lowest BCUT2D eigenvalue weighted by atomic mass is 9.95. The van der Waals surface area contributed by atoms with Crippen LogP contribution in [0.25, 0.3) is 0 Å². The molecule has 1 aromatic carbocycles. The summed E-state index contributed by atoms with van der Waals surface area (Å²) in [6.07, 6.45) is 0.623. The summed E-state index contributed by atoms with van der Waals surface area (Å²) in [7, 11) is 0. The van der Waals surface area contributed by atoms with Crippen molar-refractivity contribution in [3.8, 4) is 0 Å². The second-order valence-corrected chi connectivity index (χ2v) is 6.84. The van der Waals surface area contributed by atoms with Gasteiger partial charge >= 0.3 is 0 Å². The van der Waals surface area contributed by atoms with Crippen molar-refractivity contribution in [3.63, 3.8) is 0 Å². The molecule has 0 aliphatic carbocycles. The minimum atomic E-state index is -0.827. The first-order valence-corrected chi connectivity index (χ1v) is 7.80. The van der Waals surface area contributed by atoms with E-state index in [0.29, 0.717) is 13.0 Å². The molecule has 1 N–H and O–H groups in total. The zero-order valence-corrected chi connectivity index (χ0v) is 14.1. The minimum Gasteiger partial charge on any atom is -0.340 e. The zero-order chi connectivity index (χ0) is 14.9. The monoisotopic (exact) mass is 386 g/mol. The van der Waals surface area contributed by atoms with E-state index in [0.717, 1.165) is 9.13 Å². The number of piperazine rings is 1. The van der Waals surface area contributed by atoms with Crippen molar-refractivity contribution in [1.29, 1.82) is 0 Å². The summed E-state index contributed by atoms with van der Waals surface area (Å²) in [5, 5.41) is 2.80. The lowest BCUT2D eigenvalue weighted by Gasteiger charge is -2.42. The zero-order valence-electron chi connectivity index (χ0n) is 11.9. The van der Waals surface area contributed by atoms with Crippen molar-refractivity contribution in [2.24, 2.45) is 0 Å². The Balaban J connectivity index is 2.27. The van der Waals surface area contributed by atoms with Gasteiger partial charge in [0.2, 0.25) is 11.8 Å². The largest absolute Gasteiger partial charge is 0.340 e. The molecule has 5 heteroatoms. The lowest BCUT2D eigenvalue weighted by molar-refractivity contribution is -0.154. The maximum absolute atomic E-state index is 12.5. The van der Waals surface area contributed by atoms with Crippen molar-refractivity contribution in [1.82, 2.24) is 10.2 Å². The molecular formula is C15H19IN2O2. The smallest absolute Gasteiger partial charge is 0.248 e. The molecule has 20 heavy (non-hydrogen) atoms. The summed E-state index contributed by atoms with van der Waals surface area (Å²) in [5.74, 6) is -0.0925. The maximum atomic E-state index is 12.5. The van der Waals surface area contributed by atoms with Crippen LogP contribution in [0.5, 0.6) is 0 Å². The first-order chi connectivity index (χ1) is 9.35. The number of halogens is 1. The number of amides is 2. The normalized spacial score (nSPS) is 21.8. The third kappa shape index (κ3) is 2.97. The number of hydrogen-bond donors (Lipinski definition) is 1. The first-order valence-electron chi connectivity index (χ1n) is 6.72. The topological polar surface area (TPSA) is 49.4 Å². The number of rotatable bonds is 3. The van der Waals surface area contributed by atoms with Gasteiger partial charge in [-0.25, -0.2) is 0 Å². The third-order valence-electron chi connectivity index (χ3n) is 3.56. The van der Waals surface area contributed by atoms with Gasteiger partial charge in [0.05, 0.1) is 0 Å². The standard InChI is InChI=1S/C15H19IN2O2/c1-4-12-13(19)17-15(2,3)14(20)18(12)9-10-5-7-11(16)8-6-10/h5-8,12H,4,9H2,1-3H3,(H,17,19). The molecule has 1 unspecified atom stereocenters. The molecule has 1 saturated heterocycles. The lowest BCUT2D eigenvalue weighted by Crippen LogP contribution is -2.67. The summed E-state index contributed by atoms with van der Waals surface area (Å²) in [5.41, 5.74) is 0.217. The van der Waals surface area contributed by atoms with E-state index in [9.17, 15) is 9.59 Å². The van der Waals surface area contributed by atoms with Gasteiger partial charge in [-0.3, -0.25) is 9.59 Å². The van der Waals surface area contributed by atoms with Crippen LogP contribution in [0.15, 0.2) is 24.3 Å². The van der Waals surface area contributed by atoms with Gasteiger partial charge in [0.15, 0.2) is 0 Å². The molecule has 0 radical (unpaired) electrons. The van der Waals surface area contributed by atoms with E-state index in [1.165, 1.54) is 0 Å². The SMILES string of the molecule is CCC1C(=O)NC(C)(C)C(=O)N1Cc1ccc(I)cc1. The maximum Gasteiger partial charge on any atom is 0.248 e. The van der Waals surface area contributed by atoms with Crippen molar-refractivity contribution in [2.45, 2.75) is 45.3 Å². The Morgan fingerprint density at radius 1 is 1.25 bits per heavy atom. The van der Waals surface area contributed by atoms with E-state index in [4.69, 9.17) is 0 Å². The van der Waals surface area contributed by atoms with Gasteiger partial charge in [0.1, 0.15) is 11.6 Å². The second-order valence-electron chi connectivity index (χ2n) is 5.60. The molecule has 4 nitrogen and oxygen atoms in total. The van der Waals surface area contributed by atoms with Gasteiger partial charge in [0.25, 0.3) is 0 Å². The molecule has 0 saturated carbocycles. The fourth-order valence-electron chi connectivity index (χ4n) is 2.46. The summed E-state index contributed by atoms with van der Waals surface area (Å²) in [4.78, 5) is 26.4. The van der Waals surface area contributed by atoms with E-state index in [-0.39, 0.29) is 17.9 Å². The molecule has 1 atom stereocenters. The number of nitrogens with one attached hydrogen (secondary N) is 1. The van der Waals surface area contributed by atoms with E-state index in [1.54, 1.807) is 18.7 Å². The molecule has 1 fully saturated rings. The summed E-state index contributed by atoms with van der Waals surface area (Å²) < 4.78 is 1.15. The van der Waals surface area contributed by atoms with Crippen molar-refractivity contribution < 1.29 is 9.59 Å². The molecule has 108 valence electrons. The molecule has 2 amide bonds. The number of carbonyl (C=O) groups is 2. The fraction of sp³-hybridized carbons (Fsp3) is 0.467. The third-order valence-corrected chi connectivity index (χ3v) is 4.28. The fourth-order valence-corrected chi connectivity index (χ4v) is 2.82. The highest BCUT2D eigenvalue weighted by molar-refractivity contribution is 14.1. The average molecular weight is 386 g/mol. The summed E-state index contributed by atoms with van der Waals surface area (Å²) >= 11 is 2.25. The number of hydrogen-bond acceptors (Lipinski definition) is 2. The van der Waals surface area contributed by atoms with Crippen molar-refractivity contribution >= 4 is 34.4 Å². The highest BCUT2D eigenvalue weighted by Crippen LogP contribution is 2.22. The molecule has 1 aliphatic rings. The predicted octanol–water partition coefficient (Wildman–Crippen LogP) is 2.31. The Labute approximate surface area is 133 Å². The van der Waals surface area contributed by atoms with Crippen molar-refractivity contribution in [2.75, 3.05) is 0 Å². The van der Waals surface area contributed by atoms with Crippen LogP contribution in [0.2, 0.25) is 0 Å². The Morgan fingerprint density at radius 2 is 1.85 bits per heavy atom. The van der Waals surface area contributed by atoms with Gasteiger partial charge in [-0.2, -0.15) is 0 Å². The molecule has 0 bridgehead atoms. The number of benzene rings is 1. The highest BCUT2D eigenvalue weighted by Gasteiger charge is 2.44. The van der Waals surface area contributed by atoms with Gasteiger partial charge in [-0.15, -0.1) is 0 Å².